The molecule has 0 saturated carbocycles. The molecule has 0 aliphatic carbocycles. The van der Waals surface area contributed by atoms with E-state index in [-0.39, 0.29) is 12.5 Å². The third-order valence-electron chi connectivity index (χ3n) is 3.05. The lowest BCUT2D eigenvalue weighted by atomic mass is 10.0. The quantitative estimate of drug-likeness (QED) is 0.853. The first kappa shape index (κ1) is 14.6. The predicted molar refractivity (Wildman–Crippen MR) is 79.7 cm³/mol. The minimum Gasteiger partial charge on any atom is -0.481 e. The third-order valence-corrected chi connectivity index (χ3v) is 3.30. The van der Waals surface area contributed by atoms with Crippen LogP contribution in [-0.2, 0) is 11.3 Å². The van der Waals surface area contributed by atoms with Gasteiger partial charge in [-0.2, -0.15) is 0 Å². The molecule has 0 aromatic heterocycles. The molecular weight excluding hydrogens is 274 g/mol. The number of carboxylic acid groups (broad SMARTS) is 1. The number of benzene rings is 2. The maximum Gasteiger partial charge on any atom is 0.305 e. The van der Waals surface area contributed by atoms with Gasteiger partial charge in [-0.15, -0.1) is 0 Å². The number of carboxylic acids is 1. The average molecular weight is 290 g/mol. The van der Waals surface area contributed by atoms with Crippen molar-refractivity contribution in [3.05, 3.63) is 70.7 Å². The van der Waals surface area contributed by atoms with E-state index in [1.165, 1.54) is 0 Å². The van der Waals surface area contributed by atoms with Gasteiger partial charge in [-0.3, -0.25) is 4.79 Å². The maximum absolute atomic E-state index is 11.0. The van der Waals surface area contributed by atoms with Gasteiger partial charge in [0.2, 0.25) is 0 Å². The zero-order chi connectivity index (χ0) is 14.4. The molecule has 1 unspecified atom stereocenters. The Morgan fingerprint density at radius 1 is 1.10 bits per heavy atom. The van der Waals surface area contributed by atoms with Crippen molar-refractivity contribution in [2.45, 2.75) is 19.0 Å². The van der Waals surface area contributed by atoms with Crippen LogP contribution in [0.5, 0.6) is 0 Å². The maximum atomic E-state index is 11.0. The molecule has 0 saturated heterocycles. The molecule has 2 rings (SSSR count). The van der Waals surface area contributed by atoms with E-state index in [2.05, 4.69) is 5.32 Å². The van der Waals surface area contributed by atoms with Crippen molar-refractivity contribution in [3.8, 4) is 0 Å². The number of carbonyl (C=O) groups is 1. The van der Waals surface area contributed by atoms with Crippen LogP contribution < -0.4 is 5.32 Å². The normalized spacial score (nSPS) is 12.1. The summed E-state index contributed by atoms with van der Waals surface area (Å²) in [5.74, 6) is -0.817. The van der Waals surface area contributed by atoms with E-state index in [0.29, 0.717) is 11.6 Å². The molecule has 2 N–H and O–H groups in total. The van der Waals surface area contributed by atoms with Crippen LogP contribution in [0.25, 0.3) is 0 Å². The van der Waals surface area contributed by atoms with Crippen LogP contribution in [0.15, 0.2) is 54.6 Å². The largest absolute Gasteiger partial charge is 0.481 e. The summed E-state index contributed by atoms with van der Waals surface area (Å²) >= 11 is 5.84. The third kappa shape index (κ3) is 4.37. The molecule has 2 aromatic rings. The van der Waals surface area contributed by atoms with Gasteiger partial charge in [0.25, 0.3) is 0 Å². The Hall–Kier alpha value is -1.84. The van der Waals surface area contributed by atoms with E-state index in [0.717, 1.165) is 11.1 Å². The summed E-state index contributed by atoms with van der Waals surface area (Å²) in [6.45, 7) is 0.601. The molecule has 0 heterocycles. The summed E-state index contributed by atoms with van der Waals surface area (Å²) in [5, 5.41) is 13.0. The highest BCUT2D eigenvalue weighted by Gasteiger charge is 2.14. The minimum atomic E-state index is -0.817. The molecule has 0 amide bonds. The molecule has 0 radical (unpaired) electrons. The standard InChI is InChI=1S/C16H16ClNO2/c17-14-8-6-12(7-9-14)11-18-15(10-16(19)20)13-4-2-1-3-5-13/h1-9,15,18H,10-11H2,(H,19,20). The van der Waals surface area contributed by atoms with Crippen LogP contribution in [0.2, 0.25) is 5.02 Å². The number of halogens is 1. The smallest absolute Gasteiger partial charge is 0.305 e. The summed E-state index contributed by atoms with van der Waals surface area (Å²) in [7, 11) is 0. The van der Waals surface area contributed by atoms with E-state index < -0.39 is 5.97 Å². The van der Waals surface area contributed by atoms with Gasteiger partial charge in [-0.05, 0) is 23.3 Å². The molecule has 3 nitrogen and oxygen atoms in total. The van der Waals surface area contributed by atoms with Crippen molar-refractivity contribution in [2.75, 3.05) is 0 Å². The Morgan fingerprint density at radius 3 is 2.35 bits per heavy atom. The van der Waals surface area contributed by atoms with Crippen molar-refractivity contribution in [1.82, 2.24) is 5.32 Å². The van der Waals surface area contributed by atoms with Crippen LogP contribution in [0, 0.1) is 0 Å². The van der Waals surface area contributed by atoms with Gasteiger partial charge in [-0.25, -0.2) is 0 Å². The van der Waals surface area contributed by atoms with Gasteiger partial charge in [0, 0.05) is 17.6 Å². The van der Waals surface area contributed by atoms with Gasteiger partial charge < -0.3 is 10.4 Å². The van der Waals surface area contributed by atoms with Gasteiger partial charge in [0.05, 0.1) is 6.42 Å². The van der Waals surface area contributed by atoms with Crippen LogP contribution in [-0.4, -0.2) is 11.1 Å². The summed E-state index contributed by atoms with van der Waals surface area (Å²) < 4.78 is 0. The highest BCUT2D eigenvalue weighted by atomic mass is 35.5. The van der Waals surface area contributed by atoms with Gasteiger partial charge >= 0.3 is 5.97 Å². The Bertz CT molecular complexity index is 554. The molecule has 104 valence electrons. The van der Waals surface area contributed by atoms with Gasteiger partial charge in [0.15, 0.2) is 0 Å². The number of nitrogens with one attached hydrogen (secondary N) is 1. The van der Waals surface area contributed by atoms with E-state index in [1.54, 1.807) is 0 Å². The molecule has 2 aromatic carbocycles. The Balaban J connectivity index is 2.04. The first-order valence-electron chi connectivity index (χ1n) is 6.40. The molecule has 20 heavy (non-hydrogen) atoms. The fourth-order valence-electron chi connectivity index (χ4n) is 2.01. The topological polar surface area (TPSA) is 49.3 Å². The number of hydrogen-bond acceptors (Lipinski definition) is 2. The lowest BCUT2D eigenvalue weighted by molar-refractivity contribution is -0.137. The first-order chi connectivity index (χ1) is 9.65. The zero-order valence-corrected chi connectivity index (χ0v) is 11.7. The fourth-order valence-corrected chi connectivity index (χ4v) is 2.14. The second-order valence-corrected chi connectivity index (χ2v) is 5.00. The van der Waals surface area contributed by atoms with Crippen LogP contribution in [0.1, 0.15) is 23.6 Å². The van der Waals surface area contributed by atoms with Crippen LogP contribution in [0.4, 0.5) is 0 Å². The van der Waals surface area contributed by atoms with Crippen molar-refractivity contribution >= 4 is 17.6 Å². The lowest BCUT2D eigenvalue weighted by Gasteiger charge is -2.17. The first-order valence-corrected chi connectivity index (χ1v) is 6.77. The van der Waals surface area contributed by atoms with Crippen molar-refractivity contribution in [3.63, 3.8) is 0 Å². The SMILES string of the molecule is O=C(O)CC(NCc1ccc(Cl)cc1)c1ccccc1. The van der Waals surface area contributed by atoms with E-state index in [4.69, 9.17) is 16.7 Å². The van der Waals surface area contributed by atoms with Crippen molar-refractivity contribution < 1.29 is 9.90 Å². The Labute approximate surface area is 123 Å². The van der Waals surface area contributed by atoms with E-state index in [9.17, 15) is 4.79 Å². The van der Waals surface area contributed by atoms with Crippen molar-refractivity contribution in [1.29, 1.82) is 0 Å². The number of aliphatic carboxylic acids is 1. The highest BCUT2D eigenvalue weighted by Crippen LogP contribution is 2.18. The van der Waals surface area contributed by atoms with E-state index in [1.807, 2.05) is 54.6 Å². The van der Waals surface area contributed by atoms with Crippen LogP contribution in [0.3, 0.4) is 0 Å². The van der Waals surface area contributed by atoms with Gasteiger partial charge in [-0.1, -0.05) is 54.1 Å². The molecule has 4 heteroatoms. The molecule has 0 aliphatic heterocycles. The van der Waals surface area contributed by atoms with Gasteiger partial charge in [0.1, 0.15) is 0 Å². The molecule has 1 atom stereocenters. The van der Waals surface area contributed by atoms with E-state index >= 15 is 0 Å². The Kier molecular flexibility index (Phi) is 5.16. The second-order valence-electron chi connectivity index (χ2n) is 4.57. The predicted octanol–water partition coefficient (Wildman–Crippen LogP) is 3.65. The summed E-state index contributed by atoms with van der Waals surface area (Å²) in [4.78, 5) is 11.0. The molecule has 0 aliphatic rings. The molecule has 0 bridgehead atoms. The Morgan fingerprint density at radius 2 is 1.75 bits per heavy atom. The van der Waals surface area contributed by atoms with Crippen LogP contribution >= 0.6 is 11.6 Å². The number of hydrogen-bond donors (Lipinski definition) is 2. The monoisotopic (exact) mass is 289 g/mol. The van der Waals surface area contributed by atoms with Crippen molar-refractivity contribution in [2.24, 2.45) is 0 Å². The highest BCUT2D eigenvalue weighted by molar-refractivity contribution is 6.30. The lowest BCUT2D eigenvalue weighted by Crippen LogP contribution is -2.23. The number of rotatable bonds is 6. The summed E-state index contributed by atoms with van der Waals surface area (Å²) in [6.07, 6.45) is 0.0532. The summed E-state index contributed by atoms with van der Waals surface area (Å²) in [6, 6.07) is 16.9. The average Bonchev–Trinajstić information content (AvgIpc) is 2.46. The zero-order valence-electron chi connectivity index (χ0n) is 10.9. The minimum absolute atomic E-state index is 0.0532. The molecule has 0 spiro atoms. The summed E-state index contributed by atoms with van der Waals surface area (Å²) in [5.41, 5.74) is 2.05. The second kappa shape index (κ2) is 7.08. The molecular formula is C16H16ClNO2. The fraction of sp³-hybridized carbons (Fsp3) is 0.188. The molecule has 0 fully saturated rings.